The lowest BCUT2D eigenvalue weighted by molar-refractivity contribution is 1.47. The molecule has 21 heavy (non-hydrogen) atoms. The maximum Gasteiger partial charge on any atom is 0.0116 e. The largest absolute Gasteiger partial charge is 0.0981 e. The molecule has 3 aromatic carbocycles. The summed E-state index contributed by atoms with van der Waals surface area (Å²) in [4.78, 5) is 1.26. The molecule has 0 radical (unpaired) electrons. The third-order valence-electron chi connectivity index (χ3n) is 3.23. The Kier molecular flexibility index (Phi) is 4.55. The first-order valence-corrected chi connectivity index (χ1v) is 7.83. The van der Waals surface area contributed by atoms with Crippen molar-refractivity contribution in [3.63, 3.8) is 0 Å². The summed E-state index contributed by atoms with van der Waals surface area (Å²) in [5.41, 5.74) is 3.73. The lowest BCUT2D eigenvalue weighted by atomic mass is 10.0. The quantitative estimate of drug-likeness (QED) is 0.521. The van der Waals surface area contributed by atoms with Crippen molar-refractivity contribution in [1.82, 2.24) is 0 Å². The van der Waals surface area contributed by atoms with Crippen molar-refractivity contribution in [1.29, 1.82) is 0 Å². The molecule has 3 rings (SSSR count). The van der Waals surface area contributed by atoms with Gasteiger partial charge < -0.3 is 0 Å². The third-order valence-corrected chi connectivity index (χ3v) is 4.04. The fourth-order valence-corrected chi connectivity index (χ4v) is 2.80. The number of hydrogen-bond acceptors (Lipinski definition) is 1. The van der Waals surface area contributed by atoms with Gasteiger partial charge in [-0.25, -0.2) is 0 Å². The van der Waals surface area contributed by atoms with Crippen LogP contribution < -0.4 is 0 Å². The smallest absolute Gasteiger partial charge is 0.0116 e. The highest BCUT2D eigenvalue weighted by Gasteiger charge is 1.95. The number of benzene rings is 3. The van der Waals surface area contributed by atoms with E-state index in [1.54, 1.807) is 11.8 Å². The normalized spacial score (nSPS) is 10.9. The Morgan fingerprint density at radius 2 is 1.14 bits per heavy atom. The summed E-state index contributed by atoms with van der Waals surface area (Å²) in [5.74, 6) is 0. The molecule has 1 heteroatoms. The predicted molar refractivity (Wildman–Crippen MR) is 93.2 cm³/mol. The van der Waals surface area contributed by atoms with E-state index >= 15 is 0 Å². The van der Waals surface area contributed by atoms with Crippen LogP contribution in [-0.4, -0.2) is 0 Å². The molecule has 0 spiro atoms. The van der Waals surface area contributed by atoms with E-state index in [4.69, 9.17) is 0 Å². The minimum absolute atomic E-state index is 1.22. The Bertz CT molecular complexity index is 698. The predicted octanol–water partition coefficient (Wildman–Crippen LogP) is 6.12. The summed E-state index contributed by atoms with van der Waals surface area (Å²) in [6, 6.07) is 29.5. The van der Waals surface area contributed by atoms with Crippen LogP contribution >= 0.6 is 11.8 Å². The van der Waals surface area contributed by atoms with Crippen LogP contribution in [0, 0.1) is 0 Å². The van der Waals surface area contributed by atoms with Crippen molar-refractivity contribution in [2.75, 3.05) is 0 Å². The molecule has 0 fully saturated rings. The number of hydrogen-bond donors (Lipinski definition) is 0. The molecule has 0 bridgehead atoms. The van der Waals surface area contributed by atoms with Crippen LogP contribution in [-0.2, 0) is 0 Å². The highest BCUT2D eigenvalue weighted by molar-refractivity contribution is 8.02. The zero-order valence-electron chi connectivity index (χ0n) is 11.6. The van der Waals surface area contributed by atoms with Gasteiger partial charge in [0.25, 0.3) is 0 Å². The summed E-state index contributed by atoms with van der Waals surface area (Å²) in [6.07, 6.45) is 2.15. The molecule has 0 aliphatic heterocycles. The molecule has 0 aliphatic rings. The van der Waals surface area contributed by atoms with Crippen LogP contribution in [0.2, 0.25) is 0 Å². The van der Waals surface area contributed by atoms with Gasteiger partial charge in [-0.1, -0.05) is 84.6 Å². The number of thioether (sulfide) groups is 1. The van der Waals surface area contributed by atoms with Gasteiger partial charge in [0.2, 0.25) is 0 Å². The number of rotatable bonds is 4. The van der Waals surface area contributed by atoms with Gasteiger partial charge in [0, 0.05) is 4.90 Å². The van der Waals surface area contributed by atoms with Gasteiger partial charge in [0.15, 0.2) is 0 Å². The topological polar surface area (TPSA) is 0 Å². The summed E-state index contributed by atoms with van der Waals surface area (Å²) in [7, 11) is 0. The molecule has 0 unspecified atom stereocenters. The highest BCUT2D eigenvalue weighted by atomic mass is 32.2. The van der Waals surface area contributed by atoms with E-state index in [-0.39, 0.29) is 0 Å². The van der Waals surface area contributed by atoms with Crippen LogP contribution in [0.1, 0.15) is 5.56 Å². The Labute approximate surface area is 130 Å². The van der Waals surface area contributed by atoms with Gasteiger partial charge >= 0.3 is 0 Å². The van der Waals surface area contributed by atoms with E-state index in [1.165, 1.54) is 21.6 Å². The van der Waals surface area contributed by atoms with E-state index in [2.05, 4.69) is 84.3 Å². The van der Waals surface area contributed by atoms with Gasteiger partial charge in [-0.2, -0.15) is 0 Å². The second kappa shape index (κ2) is 6.96. The second-order valence-corrected chi connectivity index (χ2v) is 5.70. The molecular formula is C20H16S. The van der Waals surface area contributed by atoms with E-state index in [9.17, 15) is 0 Å². The van der Waals surface area contributed by atoms with Gasteiger partial charge in [0.05, 0.1) is 0 Å². The molecule has 102 valence electrons. The van der Waals surface area contributed by atoms with Crippen LogP contribution in [0.4, 0.5) is 0 Å². The van der Waals surface area contributed by atoms with Gasteiger partial charge in [0.1, 0.15) is 0 Å². The van der Waals surface area contributed by atoms with E-state index in [1.807, 2.05) is 12.1 Å². The van der Waals surface area contributed by atoms with E-state index in [0.717, 1.165) is 0 Å². The molecule has 0 N–H and O–H groups in total. The van der Waals surface area contributed by atoms with Crippen LogP contribution in [0.3, 0.4) is 0 Å². The van der Waals surface area contributed by atoms with Crippen molar-refractivity contribution in [2.45, 2.75) is 4.90 Å². The maximum atomic E-state index is 2.17. The second-order valence-electron chi connectivity index (χ2n) is 4.72. The molecular weight excluding hydrogens is 272 g/mol. The monoisotopic (exact) mass is 288 g/mol. The average Bonchev–Trinajstić information content (AvgIpc) is 2.57. The molecule has 0 aromatic heterocycles. The molecule has 0 saturated carbocycles. The van der Waals surface area contributed by atoms with Crippen molar-refractivity contribution in [3.05, 3.63) is 95.9 Å². The van der Waals surface area contributed by atoms with Crippen molar-refractivity contribution >= 4 is 17.8 Å². The summed E-state index contributed by atoms with van der Waals surface area (Å²) in [6.45, 7) is 0. The molecule has 0 atom stereocenters. The van der Waals surface area contributed by atoms with Crippen LogP contribution in [0.25, 0.3) is 17.2 Å². The third kappa shape index (κ3) is 3.87. The molecule has 0 aliphatic carbocycles. The lowest BCUT2D eigenvalue weighted by Crippen LogP contribution is -1.77. The first-order valence-electron chi connectivity index (χ1n) is 6.95. The Morgan fingerprint density at radius 1 is 0.571 bits per heavy atom. The highest BCUT2D eigenvalue weighted by Crippen LogP contribution is 2.22. The summed E-state index contributed by atoms with van der Waals surface area (Å²) in [5, 5.41) is 2.13. The minimum atomic E-state index is 1.22. The average molecular weight is 288 g/mol. The van der Waals surface area contributed by atoms with Crippen molar-refractivity contribution < 1.29 is 0 Å². The Balaban J connectivity index is 1.67. The molecule has 0 saturated heterocycles. The fraction of sp³-hybridized carbons (Fsp3) is 0. The Morgan fingerprint density at radius 3 is 1.81 bits per heavy atom. The Hall–Kier alpha value is -2.25. The molecule has 0 amide bonds. The standard InChI is InChI=1S/C20H16S/c1-3-7-18(8-4-1)19-13-11-17(12-14-19)15-16-21-20-9-5-2-6-10-20/h1-16H/b16-15-. The first kappa shape index (κ1) is 13.7. The summed E-state index contributed by atoms with van der Waals surface area (Å²) >= 11 is 1.74. The lowest BCUT2D eigenvalue weighted by Gasteiger charge is -2.01. The molecule has 3 aromatic rings. The van der Waals surface area contributed by atoms with E-state index < -0.39 is 0 Å². The maximum absolute atomic E-state index is 2.17. The van der Waals surface area contributed by atoms with Gasteiger partial charge in [-0.15, -0.1) is 0 Å². The fourth-order valence-electron chi connectivity index (χ4n) is 2.11. The van der Waals surface area contributed by atoms with Crippen LogP contribution in [0.5, 0.6) is 0 Å². The molecule has 0 heterocycles. The van der Waals surface area contributed by atoms with Crippen LogP contribution in [0.15, 0.2) is 95.2 Å². The van der Waals surface area contributed by atoms with Crippen molar-refractivity contribution in [3.8, 4) is 11.1 Å². The van der Waals surface area contributed by atoms with E-state index in [0.29, 0.717) is 0 Å². The minimum Gasteiger partial charge on any atom is -0.0981 e. The SMILES string of the molecule is C(=C/c1ccc(-c2ccccc2)cc1)/Sc1ccccc1. The van der Waals surface area contributed by atoms with Crippen molar-refractivity contribution in [2.24, 2.45) is 0 Å². The first-order chi connectivity index (χ1) is 10.4. The zero-order chi connectivity index (χ0) is 14.3. The summed E-state index contributed by atoms with van der Waals surface area (Å²) < 4.78 is 0. The van der Waals surface area contributed by atoms with Gasteiger partial charge in [-0.05, 0) is 40.3 Å². The molecule has 0 nitrogen and oxygen atoms in total. The van der Waals surface area contributed by atoms with Gasteiger partial charge in [-0.3, -0.25) is 0 Å². The zero-order valence-corrected chi connectivity index (χ0v) is 12.5.